The summed E-state index contributed by atoms with van der Waals surface area (Å²) in [6, 6.07) is 15.4. The van der Waals surface area contributed by atoms with E-state index in [1.54, 1.807) is 0 Å². The van der Waals surface area contributed by atoms with Crippen molar-refractivity contribution in [2.75, 3.05) is 6.79 Å². The summed E-state index contributed by atoms with van der Waals surface area (Å²) in [6.07, 6.45) is 0. The Hall–Kier alpha value is -3.01. The zero-order valence-corrected chi connectivity index (χ0v) is 14.6. The quantitative estimate of drug-likeness (QED) is 0.737. The summed E-state index contributed by atoms with van der Waals surface area (Å²) in [5.74, 6) is 1.40. The topological polar surface area (TPSA) is 71.7 Å². The molecule has 0 atom stereocenters. The van der Waals surface area contributed by atoms with Gasteiger partial charge in [0.05, 0.1) is 6.61 Å². The van der Waals surface area contributed by atoms with E-state index in [2.05, 4.69) is 6.07 Å². The number of aliphatic hydroxyl groups excluding tert-OH is 1. The number of thiophene rings is 1. The number of aliphatic hydroxyl groups is 1. The molecule has 1 aliphatic heterocycles. The standard InChI is InChI=1S/C20H15NO4S/c21-8-16-17(15-5-6-18-19(7-15)25-12-24-18)11-26-20(16)23-10-14-3-1-13(9-22)2-4-14/h1-7,11,22H,9-10,12H2. The first kappa shape index (κ1) is 16.5. The predicted octanol–water partition coefficient (Wildman–Crippen LogP) is 4.09. The van der Waals surface area contributed by atoms with Gasteiger partial charge in [0, 0.05) is 10.9 Å². The lowest BCUT2D eigenvalue weighted by atomic mass is 10.0. The van der Waals surface area contributed by atoms with E-state index in [0.29, 0.717) is 28.7 Å². The van der Waals surface area contributed by atoms with Crippen molar-refractivity contribution in [3.63, 3.8) is 0 Å². The Morgan fingerprint density at radius 2 is 1.85 bits per heavy atom. The maximum Gasteiger partial charge on any atom is 0.231 e. The van der Waals surface area contributed by atoms with Crippen LogP contribution < -0.4 is 14.2 Å². The van der Waals surface area contributed by atoms with Crippen molar-refractivity contribution in [3.8, 4) is 33.8 Å². The molecule has 0 spiro atoms. The maximum absolute atomic E-state index is 9.60. The summed E-state index contributed by atoms with van der Waals surface area (Å²) in [4.78, 5) is 0. The third-order valence-corrected chi connectivity index (χ3v) is 5.02. The van der Waals surface area contributed by atoms with Crippen LogP contribution in [-0.2, 0) is 13.2 Å². The third-order valence-electron chi connectivity index (χ3n) is 4.13. The van der Waals surface area contributed by atoms with Crippen molar-refractivity contribution in [1.29, 1.82) is 5.26 Å². The van der Waals surface area contributed by atoms with E-state index in [1.165, 1.54) is 11.3 Å². The SMILES string of the molecule is N#Cc1c(-c2ccc3c(c2)OCO3)csc1OCc1ccc(CO)cc1. The van der Waals surface area contributed by atoms with Crippen molar-refractivity contribution in [2.24, 2.45) is 0 Å². The highest BCUT2D eigenvalue weighted by molar-refractivity contribution is 7.12. The van der Waals surface area contributed by atoms with E-state index in [9.17, 15) is 5.26 Å². The van der Waals surface area contributed by atoms with E-state index in [0.717, 1.165) is 22.3 Å². The molecule has 26 heavy (non-hydrogen) atoms. The molecule has 5 nitrogen and oxygen atoms in total. The molecular weight excluding hydrogens is 350 g/mol. The molecular formula is C20H15NO4S. The minimum absolute atomic E-state index is 0.0174. The van der Waals surface area contributed by atoms with Crippen molar-refractivity contribution in [1.82, 2.24) is 0 Å². The van der Waals surface area contributed by atoms with Crippen LogP contribution in [0.2, 0.25) is 0 Å². The zero-order chi connectivity index (χ0) is 17.9. The van der Waals surface area contributed by atoms with Crippen LogP contribution in [-0.4, -0.2) is 11.9 Å². The summed E-state index contributed by atoms with van der Waals surface area (Å²) in [7, 11) is 0. The van der Waals surface area contributed by atoms with Gasteiger partial charge >= 0.3 is 0 Å². The fourth-order valence-electron chi connectivity index (χ4n) is 2.72. The summed E-state index contributed by atoms with van der Waals surface area (Å²) in [6.45, 7) is 0.599. The van der Waals surface area contributed by atoms with Crippen LogP contribution in [0.1, 0.15) is 16.7 Å². The van der Waals surface area contributed by atoms with Gasteiger partial charge in [-0.1, -0.05) is 30.3 Å². The van der Waals surface area contributed by atoms with Gasteiger partial charge < -0.3 is 19.3 Å². The number of hydrogen-bond donors (Lipinski definition) is 1. The number of nitrogens with zero attached hydrogens (tertiary/aromatic N) is 1. The van der Waals surface area contributed by atoms with Crippen LogP contribution in [0.15, 0.2) is 47.8 Å². The Labute approximate surface area is 154 Å². The Balaban J connectivity index is 1.55. The van der Waals surface area contributed by atoms with Gasteiger partial charge in [0.2, 0.25) is 6.79 Å². The largest absolute Gasteiger partial charge is 0.478 e. The van der Waals surface area contributed by atoms with Gasteiger partial charge in [0.25, 0.3) is 0 Å². The Morgan fingerprint density at radius 1 is 1.08 bits per heavy atom. The first-order valence-electron chi connectivity index (χ1n) is 8.01. The fraction of sp³-hybridized carbons (Fsp3) is 0.150. The number of fused-ring (bicyclic) bond motifs is 1. The summed E-state index contributed by atoms with van der Waals surface area (Å²) in [5.41, 5.74) is 4.06. The second-order valence-corrected chi connectivity index (χ2v) is 6.60. The molecule has 4 rings (SSSR count). The molecule has 0 fully saturated rings. The van der Waals surface area contributed by atoms with Crippen LogP contribution in [0, 0.1) is 11.3 Å². The minimum atomic E-state index is 0.0174. The van der Waals surface area contributed by atoms with Crippen LogP contribution in [0.3, 0.4) is 0 Å². The van der Waals surface area contributed by atoms with Crippen LogP contribution in [0.5, 0.6) is 16.6 Å². The first-order valence-corrected chi connectivity index (χ1v) is 8.89. The molecule has 0 unspecified atom stereocenters. The number of ether oxygens (including phenoxy) is 3. The fourth-order valence-corrected chi connectivity index (χ4v) is 3.60. The van der Waals surface area contributed by atoms with Crippen LogP contribution >= 0.6 is 11.3 Å². The first-order chi connectivity index (χ1) is 12.8. The molecule has 0 amide bonds. The number of benzene rings is 2. The van der Waals surface area contributed by atoms with Crippen molar-refractivity contribution in [2.45, 2.75) is 13.2 Å². The molecule has 0 saturated carbocycles. The van der Waals surface area contributed by atoms with Gasteiger partial charge in [0.15, 0.2) is 16.6 Å². The molecule has 3 aromatic rings. The third kappa shape index (κ3) is 3.10. The van der Waals surface area contributed by atoms with Gasteiger partial charge in [-0.3, -0.25) is 0 Å². The average molecular weight is 365 g/mol. The molecule has 130 valence electrons. The van der Waals surface area contributed by atoms with Crippen molar-refractivity contribution >= 4 is 11.3 Å². The van der Waals surface area contributed by atoms with E-state index in [1.807, 2.05) is 47.8 Å². The second-order valence-electron chi connectivity index (χ2n) is 5.75. The molecule has 1 aliphatic rings. The number of nitriles is 1. The number of hydrogen-bond acceptors (Lipinski definition) is 6. The summed E-state index contributed by atoms with van der Waals surface area (Å²) >= 11 is 1.40. The van der Waals surface area contributed by atoms with Crippen molar-refractivity contribution in [3.05, 3.63) is 64.5 Å². The lowest BCUT2D eigenvalue weighted by molar-refractivity contribution is 0.174. The smallest absolute Gasteiger partial charge is 0.231 e. The molecule has 0 aliphatic carbocycles. The molecule has 6 heteroatoms. The monoisotopic (exact) mass is 365 g/mol. The van der Waals surface area contributed by atoms with E-state index in [4.69, 9.17) is 19.3 Å². The normalized spacial score (nSPS) is 12.0. The summed E-state index contributed by atoms with van der Waals surface area (Å²) < 4.78 is 16.6. The van der Waals surface area contributed by atoms with Gasteiger partial charge in [0.1, 0.15) is 18.2 Å². The lowest BCUT2D eigenvalue weighted by Crippen LogP contribution is -1.96. The van der Waals surface area contributed by atoms with Gasteiger partial charge in [-0.25, -0.2) is 0 Å². The maximum atomic E-state index is 9.60. The van der Waals surface area contributed by atoms with Crippen molar-refractivity contribution < 1.29 is 19.3 Å². The average Bonchev–Trinajstić information content (AvgIpc) is 3.32. The molecule has 1 aromatic heterocycles. The molecule has 0 saturated heterocycles. The van der Waals surface area contributed by atoms with Gasteiger partial charge in [-0.05, 0) is 28.8 Å². The summed E-state index contributed by atoms with van der Waals surface area (Å²) in [5, 5.41) is 21.2. The zero-order valence-electron chi connectivity index (χ0n) is 13.8. The van der Waals surface area contributed by atoms with E-state index in [-0.39, 0.29) is 13.4 Å². The Bertz CT molecular complexity index is 972. The van der Waals surface area contributed by atoms with E-state index < -0.39 is 0 Å². The van der Waals surface area contributed by atoms with Gasteiger partial charge in [-0.2, -0.15) is 5.26 Å². The number of rotatable bonds is 5. The highest BCUT2D eigenvalue weighted by Gasteiger charge is 2.18. The van der Waals surface area contributed by atoms with Gasteiger partial charge in [-0.15, -0.1) is 11.3 Å². The lowest BCUT2D eigenvalue weighted by Gasteiger charge is -2.06. The molecule has 1 N–H and O–H groups in total. The molecule has 2 heterocycles. The molecule has 2 aromatic carbocycles. The van der Waals surface area contributed by atoms with Crippen LogP contribution in [0.25, 0.3) is 11.1 Å². The predicted molar refractivity (Wildman–Crippen MR) is 97.3 cm³/mol. The van der Waals surface area contributed by atoms with E-state index >= 15 is 0 Å². The Morgan fingerprint density at radius 3 is 2.62 bits per heavy atom. The van der Waals surface area contributed by atoms with Crippen LogP contribution in [0.4, 0.5) is 0 Å². The molecule has 0 radical (unpaired) electrons. The highest BCUT2D eigenvalue weighted by Crippen LogP contribution is 2.41. The highest BCUT2D eigenvalue weighted by atomic mass is 32.1. The minimum Gasteiger partial charge on any atom is -0.478 e. The molecule has 0 bridgehead atoms. The second kappa shape index (κ2) is 7.08. The Kier molecular flexibility index (Phi) is 4.48.